The SMILES string of the molecule is C.C.C.C.CCC(CC(C)(C)C)c1ccc(CC(CC(=O)O)C(=O)O)cc1. The van der Waals surface area contributed by atoms with Crippen LogP contribution in [0, 0.1) is 11.3 Å². The first-order valence-corrected chi connectivity index (χ1v) is 8.15. The van der Waals surface area contributed by atoms with E-state index in [-0.39, 0.29) is 48.0 Å². The molecule has 0 amide bonds. The number of benzene rings is 1. The summed E-state index contributed by atoms with van der Waals surface area (Å²) in [6.45, 7) is 8.87. The zero-order valence-corrected chi connectivity index (χ0v) is 14.5. The minimum atomic E-state index is -1.08. The van der Waals surface area contributed by atoms with Crippen molar-refractivity contribution in [1.29, 1.82) is 0 Å². The van der Waals surface area contributed by atoms with Crippen LogP contribution in [0.5, 0.6) is 0 Å². The number of carboxylic acids is 2. The highest BCUT2D eigenvalue weighted by atomic mass is 16.4. The van der Waals surface area contributed by atoms with Gasteiger partial charge in [-0.1, -0.05) is 81.7 Å². The summed E-state index contributed by atoms with van der Waals surface area (Å²) in [5.41, 5.74) is 2.39. The molecule has 0 saturated heterocycles. The minimum absolute atomic E-state index is 0. The van der Waals surface area contributed by atoms with Crippen LogP contribution in [0.1, 0.15) is 93.7 Å². The van der Waals surface area contributed by atoms with Gasteiger partial charge >= 0.3 is 11.9 Å². The molecule has 160 valence electrons. The first-order valence-electron chi connectivity index (χ1n) is 8.15. The Labute approximate surface area is 168 Å². The van der Waals surface area contributed by atoms with Crippen LogP contribution in [0.15, 0.2) is 24.3 Å². The molecule has 0 fully saturated rings. The van der Waals surface area contributed by atoms with Crippen LogP contribution in [0.2, 0.25) is 0 Å². The lowest BCUT2D eigenvalue weighted by Crippen LogP contribution is -2.20. The molecule has 0 bridgehead atoms. The predicted octanol–water partition coefficient (Wildman–Crippen LogP) is 6.88. The Kier molecular flexibility index (Phi) is 17.3. The fraction of sp³-hybridized carbons (Fsp3) is 0.652. The molecule has 1 rings (SSSR count). The lowest BCUT2D eigenvalue weighted by atomic mass is 9.80. The predicted molar refractivity (Wildman–Crippen MR) is 118 cm³/mol. The molecule has 0 spiro atoms. The Bertz CT molecular complexity index is 526. The molecular formula is C23H44O4. The third-order valence-electron chi connectivity index (χ3n) is 4.06. The molecule has 0 heterocycles. The van der Waals surface area contributed by atoms with Crippen LogP contribution >= 0.6 is 0 Å². The third kappa shape index (κ3) is 12.2. The Morgan fingerprint density at radius 3 is 1.78 bits per heavy atom. The highest BCUT2D eigenvalue weighted by Crippen LogP contribution is 2.33. The number of hydrogen-bond donors (Lipinski definition) is 2. The van der Waals surface area contributed by atoms with Gasteiger partial charge in [0.25, 0.3) is 0 Å². The van der Waals surface area contributed by atoms with Crippen molar-refractivity contribution in [3.8, 4) is 0 Å². The van der Waals surface area contributed by atoms with Crippen LogP contribution in [0.3, 0.4) is 0 Å². The highest BCUT2D eigenvalue weighted by Gasteiger charge is 2.22. The van der Waals surface area contributed by atoms with Crippen molar-refractivity contribution in [2.75, 3.05) is 0 Å². The second-order valence-electron chi connectivity index (χ2n) is 7.45. The van der Waals surface area contributed by atoms with Crippen molar-refractivity contribution in [1.82, 2.24) is 0 Å². The molecule has 2 atom stereocenters. The van der Waals surface area contributed by atoms with Gasteiger partial charge in [0.15, 0.2) is 0 Å². The molecule has 1 aromatic rings. The van der Waals surface area contributed by atoms with E-state index in [9.17, 15) is 9.59 Å². The van der Waals surface area contributed by atoms with Crippen LogP contribution < -0.4 is 0 Å². The molecule has 4 heteroatoms. The maximum absolute atomic E-state index is 11.2. The van der Waals surface area contributed by atoms with E-state index < -0.39 is 17.9 Å². The van der Waals surface area contributed by atoms with Gasteiger partial charge < -0.3 is 10.2 Å². The molecule has 0 saturated carbocycles. The van der Waals surface area contributed by atoms with Crippen molar-refractivity contribution in [3.05, 3.63) is 35.4 Å². The van der Waals surface area contributed by atoms with Gasteiger partial charge in [0.05, 0.1) is 12.3 Å². The summed E-state index contributed by atoms with van der Waals surface area (Å²) in [7, 11) is 0. The van der Waals surface area contributed by atoms with Gasteiger partial charge in [-0.15, -0.1) is 0 Å². The average molecular weight is 385 g/mol. The Balaban J connectivity index is -0.000000661. The molecule has 2 unspecified atom stereocenters. The highest BCUT2D eigenvalue weighted by molar-refractivity contribution is 5.78. The average Bonchev–Trinajstić information content (AvgIpc) is 2.43. The van der Waals surface area contributed by atoms with Crippen molar-refractivity contribution in [3.63, 3.8) is 0 Å². The normalized spacial score (nSPS) is 12.1. The number of carbonyl (C=O) groups is 2. The fourth-order valence-electron chi connectivity index (χ4n) is 2.91. The van der Waals surface area contributed by atoms with Gasteiger partial charge in [0.2, 0.25) is 0 Å². The van der Waals surface area contributed by atoms with E-state index in [1.54, 1.807) is 0 Å². The van der Waals surface area contributed by atoms with Gasteiger partial charge in [-0.3, -0.25) is 9.59 Å². The van der Waals surface area contributed by atoms with Crippen LogP contribution in [0.4, 0.5) is 0 Å². The molecule has 0 aromatic heterocycles. The van der Waals surface area contributed by atoms with Gasteiger partial charge in [-0.25, -0.2) is 0 Å². The monoisotopic (exact) mass is 384 g/mol. The smallest absolute Gasteiger partial charge is 0.307 e. The molecule has 2 N–H and O–H groups in total. The first kappa shape index (κ1) is 32.8. The largest absolute Gasteiger partial charge is 0.481 e. The van der Waals surface area contributed by atoms with E-state index in [0.29, 0.717) is 5.92 Å². The van der Waals surface area contributed by atoms with Gasteiger partial charge in [-0.2, -0.15) is 0 Å². The minimum Gasteiger partial charge on any atom is -0.481 e. The third-order valence-corrected chi connectivity index (χ3v) is 4.06. The molecule has 1 aromatic carbocycles. The summed E-state index contributed by atoms with van der Waals surface area (Å²) >= 11 is 0. The zero-order valence-electron chi connectivity index (χ0n) is 14.5. The van der Waals surface area contributed by atoms with Gasteiger partial charge in [0.1, 0.15) is 0 Å². The van der Waals surface area contributed by atoms with Crippen molar-refractivity contribution in [2.24, 2.45) is 11.3 Å². The first-order chi connectivity index (χ1) is 10.6. The summed E-state index contributed by atoms with van der Waals surface area (Å²) in [5, 5.41) is 17.9. The topological polar surface area (TPSA) is 74.6 Å². The molecule has 0 aliphatic heterocycles. The lowest BCUT2D eigenvalue weighted by molar-refractivity contribution is -0.148. The second-order valence-corrected chi connectivity index (χ2v) is 7.45. The maximum Gasteiger partial charge on any atom is 0.307 e. The molecule has 0 radical (unpaired) electrons. The summed E-state index contributed by atoms with van der Waals surface area (Å²) in [4.78, 5) is 21.9. The Hall–Kier alpha value is -1.84. The Morgan fingerprint density at radius 2 is 1.44 bits per heavy atom. The molecular weight excluding hydrogens is 340 g/mol. The Morgan fingerprint density at radius 1 is 0.963 bits per heavy atom. The van der Waals surface area contributed by atoms with Gasteiger partial charge in [-0.05, 0) is 41.7 Å². The summed E-state index contributed by atoms with van der Waals surface area (Å²) < 4.78 is 0. The van der Waals surface area contributed by atoms with E-state index in [2.05, 4.69) is 39.8 Å². The van der Waals surface area contributed by atoms with Crippen molar-refractivity contribution >= 4 is 11.9 Å². The standard InChI is InChI=1S/C19H28O4.4CH4/c1-5-14(12-19(2,3)4)15-8-6-13(7-9-15)10-16(18(22)23)11-17(20)21;;;;/h6-9,14,16H,5,10-12H2,1-4H3,(H,20,21)(H,22,23);4*1H4. The quantitative estimate of drug-likeness (QED) is 0.512. The summed E-state index contributed by atoms with van der Waals surface area (Å²) in [6, 6.07) is 7.96. The fourth-order valence-corrected chi connectivity index (χ4v) is 2.91. The number of carboxylic acid groups (broad SMARTS) is 2. The summed E-state index contributed by atoms with van der Waals surface area (Å²) in [6.07, 6.45) is 2.06. The van der Waals surface area contributed by atoms with Crippen LogP contribution in [-0.2, 0) is 16.0 Å². The van der Waals surface area contributed by atoms with E-state index in [1.807, 2.05) is 12.1 Å². The molecule has 0 aliphatic rings. The van der Waals surface area contributed by atoms with Gasteiger partial charge in [0, 0.05) is 0 Å². The molecule has 4 nitrogen and oxygen atoms in total. The van der Waals surface area contributed by atoms with Crippen LogP contribution in [0.25, 0.3) is 0 Å². The van der Waals surface area contributed by atoms with Crippen molar-refractivity contribution in [2.45, 2.75) is 89.0 Å². The number of rotatable bonds is 8. The van der Waals surface area contributed by atoms with Crippen molar-refractivity contribution < 1.29 is 19.8 Å². The van der Waals surface area contributed by atoms with E-state index in [4.69, 9.17) is 10.2 Å². The maximum atomic E-state index is 11.2. The van der Waals surface area contributed by atoms with Crippen LogP contribution in [-0.4, -0.2) is 22.2 Å². The zero-order chi connectivity index (χ0) is 17.6. The number of hydrogen-bond acceptors (Lipinski definition) is 2. The molecule has 27 heavy (non-hydrogen) atoms. The van der Waals surface area contributed by atoms with E-state index in [0.717, 1.165) is 18.4 Å². The molecule has 0 aliphatic carbocycles. The second kappa shape index (κ2) is 14.2. The number of aliphatic carboxylic acids is 2. The lowest BCUT2D eigenvalue weighted by Gasteiger charge is -2.25. The summed E-state index contributed by atoms with van der Waals surface area (Å²) in [5.74, 6) is -2.53. The van der Waals surface area contributed by atoms with E-state index in [1.165, 1.54) is 5.56 Å². The van der Waals surface area contributed by atoms with E-state index >= 15 is 0 Å².